The van der Waals surface area contributed by atoms with E-state index in [1.165, 1.54) is 3.57 Å². The lowest BCUT2D eigenvalue weighted by molar-refractivity contribution is 0.548. The number of halogens is 2. The predicted molar refractivity (Wildman–Crippen MR) is 82.7 cm³/mol. The van der Waals surface area contributed by atoms with Crippen molar-refractivity contribution in [3.05, 3.63) is 48.4 Å². The van der Waals surface area contributed by atoms with E-state index in [-0.39, 0.29) is 6.04 Å². The maximum absolute atomic E-state index is 5.64. The number of nitrogens with two attached hydrogens (primary N) is 1. The molecule has 90 valence electrons. The van der Waals surface area contributed by atoms with Gasteiger partial charge >= 0.3 is 0 Å². The van der Waals surface area contributed by atoms with Gasteiger partial charge in [0.25, 0.3) is 0 Å². The van der Waals surface area contributed by atoms with E-state index in [0.29, 0.717) is 0 Å². The number of benzene rings is 1. The Morgan fingerprint density at radius 1 is 1.53 bits per heavy atom. The SMILES string of the molecule is NNC(Cc1nccs1)c1cc(I)ccc1Br. The molecule has 3 nitrogen and oxygen atoms in total. The Morgan fingerprint density at radius 3 is 3.00 bits per heavy atom. The standard InChI is InChI=1S/C11H11BrIN3S/c12-9-2-1-7(13)5-8(9)10(16-14)6-11-15-3-4-17-11/h1-5,10,16H,6,14H2. The molecule has 0 bridgehead atoms. The maximum atomic E-state index is 5.64. The summed E-state index contributed by atoms with van der Waals surface area (Å²) < 4.78 is 2.26. The zero-order valence-electron chi connectivity index (χ0n) is 8.86. The van der Waals surface area contributed by atoms with Crippen molar-refractivity contribution in [3.63, 3.8) is 0 Å². The molecule has 1 heterocycles. The fraction of sp³-hybridized carbons (Fsp3) is 0.182. The molecule has 0 spiro atoms. The van der Waals surface area contributed by atoms with Gasteiger partial charge in [-0.1, -0.05) is 15.9 Å². The number of thiazole rings is 1. The van der Waals surface area contributed by atoms with Gasteiger partial charge in [-0.3, -0.25) is 11.3 Å². The van der Waals surface area contributed by atoms with Crippen molar-refractivity contribution in [1.29, 1.82) is 0 Å². The summed E-state index contributed by atoms with van der Waals surface area (Å²) in [5.74, 6) is 5.64. The highest BCUT2D eigenvalue weighted by Gasteiger charge is 2.15. The van der Waals surface area contributed by atoms with Gasteiger partial charge in [-0.15, -0.1) is 11.3 Å². The smallest absolute Gasteiger partial charge is 0.0944 e. The summed E-state index contributed by atoms with van der Waals surface area (Å²) in [6, 6.07) is 6.31. The van der Waals surface area contributed by atoms with Crippen molar-refractivity contribution < 1.29 is 0 Å². The summed E-state index contributed by atoms with van der Waals surface area (Å²) >= 11 is 7.51. The summed E-state index contributed by atoms with van der Waals surface area (Å²) in [7, 11) is 0. The Bertz CT molecular complexity index is 489. The van der Waals surface area contributed by atoms with E-state index in [9.17, 15) is 0 Å². The molecule has 2 rings (SSSR count). The van der Waals surface area contributed by atoms with Gasteiger partial charge in [-0.2, -0.15) is 0 Å². The van der Waals surface area contributed by atoms with Crippen LogP contribution >= 0.6 is 49.9 Å². The second-order valence-electron chi connectivity index (χ2n) is 3.52. The molecule has 1 aromatic carbocycles. The normalized spacial score (nSPS) is 12.6. The molecule has 3 N–H and O–H groups in total. The van der Waals surface area contributed by atoms with Crippen molar-refractivity contribution >= 4 is 49.9 Å². The Morgan fingerprint density at radius 2 is 2.35 bits per heavy atom. The van der Waals surface area contributed by atoms with Crippen LogP contribution in [0.1, 0.15) is 16.6 Å². The quantitative estimate of drug-likeness (QED) is 0.450. The first-order valence-corrected chi connectivity index (χ1v) is 7.75. The molecule has 1 atom stereocenters. The van der Waals surface area contributed by atoms with Crippen LogP contribution in [-0.2, 0) is 6.42 Å². The van der Waals surface area contributed by atoms with Gasteiger partial charge in [0.05, 0.1) is 11.0 Å². The molecule has 0 radical (unpaired) electrons. The average Bonchev–Trinajstić information content (AvgIpc) is 2.82. The zero-order valence-corrected chi connectivity index (χ0v) is 13.4. The third-order valence-corrected chi connectivity index (χ3v) is 4.59. The zero-order chi connectivity index (χ0) is 12.3. The summed E-state index contributed by atoms with van der Waals surface area (Å²) in [5, 5.41) is 3.06. The van der Waals surface area contributed by atoms with Crippen LogP contribution in [0.3, 0.4) is 0 Å². The Kier molecular flexibility index (Phi) is 4.92. The van der Waals surface area contributed by atoms with Gasteiger partial charge in [0, 0.05) is 26.0 Å². The van der Waals surface area contributed by atoms with Gasteiger partial charge in [-0.25, -0.2) is 4.98 Å². The van der Waals surface area contributed by atoms with Crippen LogP contribution in [0.25, 0.3) is 0 Å². The lowest BCUT2D eigenvalue weighted by Gasteiger charge is -2.17. The summed E-state index contributed by atoms with van der Waals surface area (Å²) in [6.45, 7) is 0. The summed E-state index contributed by atoms with van der Waals surface area (Å²) in [6.07, 6.45) is 2.62. The van der Waals surface area contributed by atoms with Crippen molar-refractivity contribution in [2.45, 2.75) is 12.5 Å². The number of nitrogens with one attached hydrogen (secondary N) is 1. The Labute approximate surface area is 126 Å². The first-order chi connectivity index (χ1) is 8.20. The minimum Gasteiger partial charge on any atom is -0.271 e. The van der Waals surface area contributed by atoms with Gasteiger partial charge < -0.3 is 0 Å². The topological polar surface area (TPSA) is 50.9 Å². The highest BCUT2D eigenvalue weighted by molar-refractivity contribution is 14.1. The maximum Gasteiger partial charge on any atom is 0.0944 e. The molecule has 2 aromatic rings. The first-order valence-electron chi connectivity index (χ1n) is 5.00. The van der Waals surface area contributed by atoms with Crippen molar-refractivity contribution in [1.82, 2.24) is 10.4 Å². The minimum absolute atomic E-state index is 0.0743. The van der Waals surface area contributed by atoms with Crippen molar-refractivity contribution in [3.8, 4) is 0 Å². The second-order valence-corrected chi connectivity index (χ2v) is 6.59. The van der Waals surface area contributed by atoms with Gasteiger partial charge in [0.2, 0.25) is 0 Å². The second kappa shape index (κ2) is 6.24. The molecule has 6 heteroatoms. The summed E-state index contributed by atoms with van der Waals surface area (Å²) in [5.41, 5.74) is 4.02. The van der Waals surface area contributed by atoms with Crippen LogP contribution in [0.15, 0.2) is 34.2 Å². The molecule has 1 aromatic heterocycles. The Hall–Kier alpha value is -0.0200. The van der Waals surface area contributed by atoms with E-state index in [2.05, 4.69) is 61.1 Å². The third kappa shape index (κ3) is 3.47. The van der Waals surface area contributed by atoms with Crippen LogP contribution in [0.2, 0.25) is 0 Å². The molecule has 0 amide bonds. The molecule has 0 saturated heterocycles. The number of rotatable bonds is 4. The average molecular weight is 424 g/mol. The lowest BCUT2D eigenvalue weighted by atomic mass is 10.1. The van der Waals surface area contributed by atoms with E-state index < -0.39 is 0 Å². The molecular formula is C11H11BrIN3S. The van der Waals surface area contributed by atoms with Crippen LogP contribution in [-0.4, -0.2) is 4.98 Å². The Balaban J connectivity index is 2.25. The molecule has 0 aliphatic rings. The number of hydrazine groups is 1. The van der Waals surface area contributed by atoms with E-state index in [0.717, 1.165) is 21.5 Å². The third-order valence-electron chi connectivity index (χ3n) is 2.40. The molecule has 17 heavy (non-hydrogen) atoms. The predicted octanol–water partition coefficient (Wildman–Crippen LogP) is 3.26. The van der Waals surface area contributed by atoms with Gasteiger partial charge in [0.15, 0.2) is 0 Å². The largest absolute Gasteiger partial charge is 0.271 e. The van der Waals surface area contributed by atoms with Crippen molar-refractivity contribution in [2.75, 3.05) is 0 Å². The number of nitrogens with zero attached hydrogens (tertiary/aromatic N) is 1. The highest BCUT2D eigenvalue weighted by Crippen LogP contribution is 2.27. The van der Waals surface area contributed by atoms with Crippen LogP contribution in [0, 0.1) is 3.57 Å². The van der Waals surface area contributed by atoms with E-state index in [1.54, 1.807) is 11.3 Å². The number of aromatic nitrogens is 1. The monoisotopic (exact) mass is 423 g/mol. The van der Waals surface area contributed by atoms with E-state index in [1.807, 2.05) is 17.6 Å². The van der Waals surface area contributed by atoms with Crippen molar-refractivity contribution in [2.24, 2.45) is 5.84 Å². The molecule has 0 saturated carbocycles. The molecular weight excluding hydrogens is 413 g/mol. The number of hydrogen-bond acceptors (Lipinski definition) is 4. The van der Waals surface area contributed by atoms with Crippen LogP contribution in [0.4, 0.5) is 0 Å². The fourth-order valence-electron chi connectivity index (χ4n) is 1.57. The molecule has 0 fully saturated rings. The summed E-state index contributed by atoms with van der Waals surface area (Å²) in [4.78, 5) is 4.29. The first kappa shape index (κ1) is 13.4. The minimum atomic E-state index is 0.0743. The van der Waals surface area contributed by atoms with Gasteiger partial charge in [0.1, 0.15) is 0 Å². The molecule has 1 unspecified atom stereocenters. The lowest BCUT2D eigenvalue weighted by Crippen LogP contribution is -2.29. The van der Waals surface area contributed by atoms with E-state index in [4.69, 9.17) is 5.84 Å². The fourth-order valence-corrected chi connectivity index (χ4v) is 3.27. The number of hydrogen-bond donors (Lipinski definition) is 2. The van der Waals surface area contributed by atoms with Crippen LogP contribution in [0.5, 0.6) is 0 Å². The van der Waals surface area contributed by atoms with E-state index >= 15 is 0 Å². The molecule has 0 aliphatic heterocycles. The van der Waals surface area contributed by atoms with Crippen LogP contribution < -0.4 is 11.3 Å². The van der Waals surface area contributed by atoms with Gasteiger partial charge in [-0.05, 0) is 46.4 Å². The molecule has 0 aliphatic carbocycles. The highest BCUT2D eigenvalue weighted by atomic mass is 127.